The van der Waals surface area contributed by atoms with Gasteiger partial charge in [-0.15, -0.1) is 5.53 Å². The van der Waals surface area contributed by atoms with Gasteiger partial charge in [0.25, 0.3) is 0 Å². The minimum absolute atomic E-state index is 0.113. The number of rotatable bonds is 10. The van der Waals surface area contributed by atoms with E-state index in [1.807, 2.05) is 49.4 Å². The Kier molecular flexibility index (Phi) is 7.58. The number of aromatic nitrogens is 1. The number of hydrazine groups is 2. The number of hydrogen-bond acceptors (Lipinski definition) is 8. The average Bonchev–Trinajstić information content (AvgIpc) is 3.75. The van der Waals surface area contributed by atoms with Gasteiger partial charge >= 0.3 is 0 Å². The maximum Gasteiger partial charge on any atom is 0.151 e. The van der Waals surface area contributed by atoms with Gasteiger partial charge in [0.2, 0.25) is 0 Å². The SMILES string of the molecule is BC(Nc1cc(F)c2ncc(C#N)c(NC(CCC#N)c3ccccc3)c2c1)(C1=CN(C2CC2)NN1)c1ccc(F)cc1. The molecule has 6 rings (SSSR count). The van der Waals surface area contributed by atoms with Crippen LogP contribution in [0.4, 0.5) is 20.2 Å². The van der Waals surface area contributed by atoms with Gasteiger partial charge in [0.1, 0.15) is 25.2 Å². The number of nitrogens with zero attached hydrogens (tertiary/aromatic N) is 4. The van der Waals surface area contributed by atoms with Gasteiger partial charge in [-0.05, 0) is 54.7 Å². The van der Waals surface area contributed by atoms with E-state index in [-0.39, 0.29) is 22.9 Å². The minimum atomic E-state index is -0.919. The first-order valence-electron chi connectivity index (χ1n) is 14.2. The molecule has 0 spiro atoms. The van der Waals surface area contributed by atoms with Crippen molar-refractivity contribution in [3.05, 3.63) is 113 Å². The Bertz CT molecular complexity index is 1760. The molecular formula is C32H29BF2N8. The van der Waals surface area contributed by atoms with Crippen molar-refractivity contribution < 1.29 is 8.78 Å². The first kappa shape index (κ1) is 28.0. The van der Waals surface area contributed by atoms with Gasteiger partial charge in [0, 0.05) is 35.9 Å². The summed E-state index contributed by atoms with van der Waals surface area (Å²) in [6, 6.07) is 23.4. The van der Waals surface area contributed by atoms with E-state index in [0.717, 1.165) is 29.7 Å². The van der Waals surface area contributed by atoms with Crippen LogP contribution in [0.1, 0.15) is 48.4 Å². The molecule has 1 aliphatic heterocycles. The van der Waals surface area contributed by atoms with Crippen molar-refractivity contribution in [3.63, 3.8) is 0 Å². The molecule has 43 heavy (non-hydrogen) atoms. The number of fused-ring (bicyclic) bond motifs is 1. The number of pyridine rings is 1. The highest BCUT2D eigenvalue weighted by molar-refractivity contribution is 6.19. The predicted octanol–water partition coefficient (Wildman–Crippen LogP) is 5.07. The molecule has 0 saturated heterocycles. The standard InChI is InChI=1S/C32H29BF2N8/c33-32(22-8-10-23(34)11-9-22,29-19-43(42-41-29)25-12-13-25)40-24-15-26-30(21(17-37)18-38-31(26)27(35)16-24)39-28(7-4-14-36)20-5-2-1-3-6-20/h1-3,5-6,8-11,15-16,18-19,25,28,40-42H,4,7,12-13,33H2,(H,38,39). The summed E-state index contributed by atoms with van der Waals surface area (Å²) in [6.45, 7) is 0. The molecule has 2 atom stereocenters. The van der Waals surface area contributed by atoms with Crippen LogP contribution in [0.2, 0.25) is 0 Å². The maximum atomic E-state index is 15.8. The van der Waals surface area contributed by atoms with Gasteiger partial charge in [-0.1, -0.05) is 42.5 Å². The number of nitrogens with one attached hydrogen (secondary N) is 4. The van der Waals surface area contributed by atoms with Crippen LogP contribution in [0.25, 0.3) is 10.9 Å². The summed E-state index contributed by atoms with van der Waals surface area (Å²) in [5, 5.41) is 28.7. The molecule has 3 aromatic carbocycles. The maximum absolute atomic E-state index is 15.8. The van der Waals surface area contributed by atoms with Crippen LogP contribution in [-0.2, 0) is 5.44 Å². The van der Waals surface area contributed by atoms with Crippen molar-refractivity contribution in [2.24, 2.45) is 0 Å². The van der Waals surface area contributed by atoms with Gasteiger partial charge in [-0.2, -0.15) is 10.5 Å². The molecule has 2 aliphatic rings. The third-order valence-corrected chi connectivity index (χ3v) is 7.99. The van der Waals surface area contributed by atoms with E-state index in [0.29, 0.717) is 35.6 Å². The van der Waals surface area contributed by atoms with Gasteiger partial charge in [-0.25, -0.2) is 8.78 Å². The number of benzene rings is 3. The quantitative estimate of drug-likeness (QED) is 0.195. The average molecular weight is 574 g/mol. The molecular weight excluding hydrogens is 545 g/mol. The molecule has 4 N–H and O–H groups in total. The summed E-state index contributed by atoms with van der Waals surface area (Å²) in [4.78, 5) is 4.27. The van der Waals surface area contributed by atoms with Gasteiger partial charge in [-0.3, -0.25) is 9.99 Å². The number of halogens is 2. The largest absolute Gasteiger partial charge is 0.378 e. The smallest absolute Gasteiger partial charge is 0.151 e. The molecule has 8 nitrogen and oxygen atoms in total. The third-order valence-electron chi connectivity index (χ3n) is 7.99. The van der Waals surface area contributed by atoms with Gasteiger partial charge in [0.05, 0.1) is 34.5 Å². The first-order valence-corrected chi connectivity index (χ1v) is 14.2. The molecule has 1 saturated carbocycles. The van der Waals surface area contributed by atoms with Crippen molar-refractivity contribution in [1.82, 2.24) is 21.0 Å². The van der Waals surface area contributed by atoms with E-state index in [9.17, 15) is 14.9 Å². The number of nitriles is 2. The molecule has 2 unspecified atom stereocenters. The lowest BCUT2D eigenvalue weighted by atomic mass is 9.69. The molecule has 0 bridgehead atoms. The molecule has 1 aliphatic carbocycles. The van der Waals surface area contributed by atoms with Crippen molar-refractivity contribution in [1.29, 1.82) is 10.5 Å². The Morgan fingerprint density at radius 2 is 1.86 bits per heavy atom. The number of hydrogen-bond donors (Lipinski definition) is 4. The van der Waals surface area contributed by atoms with Crippen LogP contribution in [0.3, 0.4) is 0 Å². The summed E-state index contributed by atoms with van der Waals surface area (Å²) in [7, 11) is 1.94. The highest BCUT2D eigenvalue weighted by Gasteiger charge is 2.38. The van der Waals surface area contributed by atoms with E-state index < -0.39 is 11.3 Å². The van der Waals surface area contributed by atoms with Crippen molar-refractivity contribution >= 4 is 30.1 Å². The highest BCUT2D eigenvalue weighted by atomic mass is 19.1. The molecule has 0 radical (unpaired) electrons. The molecule has 11 heteroatoms. The first-order chi connectivity index (χ1) is 20.9. The summed E-state index contributed by atoms with van der Waals surface area (Å²) >= 11 is 0. The zero-order valence-corrected chi connectivity index (χ0v) is 23.5. The summed E-state index contributed by atoms with van der Waals surface area (Å²) in [6.07, 6.45) is 6.29. The fourth-order valence-electron chi connectivity index (χ4n) is 5.46. The lowest BCUT2D eigenvalue weighted by Crippen LogP contribution is -2.45. The molecule has 1 fully saturated rings. The predicted molar refractivity (Wildman–Crippen MR) is 164 cm³/mol. The van der Waals surface area contributed by atoms with Gasteiger partial charge in [0.15, 0.2) is 5.82 Å². The Balaban J connectivity index is 1.44. The molecule has 4 aromatic rings. The second kappa shape index (κ2) is 11.6. The van der Waals surface area contributed by atoms with Crippen molar-refractivity contribution in [2.45, 2.75) is 43.2 Å². The Morgan fingerprint density at radius 1 is 1.09 bits per heavy atom. The van der Waals surface area contributed by atoms with Crippen LogP contribution in [0.15, 0.2) is 84.8 Å². The zero-order valence-electron chi connectivity index (χ0n) is 23.5. The topological polar surface area (TPSA) is 112 Å². The van der Waals surface area contributed by atoms with E-state index in [2.05, 4.69) is 38.7 Å². The zero-order chi connectivity index (χ0) is 30.0. The van der Waals surface area contributed by atoms with Crippen LogP contribution < -0.4 is 21.6 Å². The van der Waals surface area contributed by atoms with Gasteiger partial charge < -0.3 is 16.1 Å². The Labute approximate surface area is 249 Å². The summed E-state index contributed by atoms with van der Waals surface area (Å²) in [5.74, 6) is -0.919. The monoisotopic (exact) mass is 574 g/mol. The summed E-state index contributed by atoms with van der Waals surface area (Å²) in [5.41, 5.74) is 9.23. The van der Waals surface area contributed by atoms with Crippen LogP contribution in [0, 0.1) is 34.3 Å². The lowest BCUT2D eigenvalue weighted by Gasteiger charge is -2.34. The molecule has 214 valence electrons. The van der Waals surface area contributed by atoms with E-state index in [1.54, 1.807) is 18.2 Å². The summed E-state index contributed by atoms with van der Waals surface area (Å²) < 4.78 is 29.7. The molecule has 2 heterocycles. The molecule has 0 amide bonds. The second-order valence-electron chi connectivity index (χ2n) is 11.0. The Morgan fingerprint density at radius 3 is 2.56 bits per heavy atom. The second-order valence-corrected chi connectivity index (χ2v) is 11.0. The van der Waals surface area contributed by atoms with E-state index in [4.69, 9.17) is 0 Å². The Hall–Kier alpha value is -5.13. The van der Waals surface area contributed by atoms with E-state index >= 15 is 4.39 Å². The van der Waals surface area contributed by atoms with Crippen LogP contribution in [-0.4, -0.2) is 23.9 Å². The third kappa shape index (κ3) is 5.68. The fraction of sp³-hybridized carbons (Fsp3) is 0.219. The number of anilines is 2. The normalized spacial score (nSPS) is 16.4. The van der Waals surface area contributed by atoms with Crippen molar-refractivity contribution in [2.75, 3.05) is 10.6 Å². The van der Waals surface area contributed by atoms with E-state index in [1.165, 1.54) is 24.4 Å². The lowest BCUT2D eigenvalue weighted by molar-refractivity contribution is 0.260. The van der Waals surface area contributed by atoms with Crippen molar-refractivity contribution in [3.8, 4) is 12.1 Å². The fourth-order valence-corrected chi connectivity index (χ4v) is 5.46. The van der Waals surface area contributed by atoms with Crippen LogP contribution in [0.5, 0.6) is 0 Å². The van der Waals surface area contributed by atoms with Crippen LogP contribution >= 0.6 is 0 Å². The minimum Gasteiger partial charge on any atom is -0.378 e. The molecule has 1 aromatic heterocycles. The highest BCUT2D eigenvalue weighted by Crippen LogP contribution is 2.38.